The number of hydrogen-bond acceptors (Lipinski definition) is 4. The van der Waals surface area contributed by atoms with Gasteiger partial charge in [-0.05, 0) is 27.2 Å². The highest BCUT2D eigenvalue weighted by Crippen LogP contribution is 2.35. The van der Waals surface area contributed by atoms with Crippen molar-refractivity contribution in [2.24, 2.45) is 0 Å². The first-order valence-corrected chi connectivity index (χ1v) is 5.22. The van der Waals surface area contributed by atoms with Crippen LogP contribution in [0.2, 0.25) is 0 Å². The van der Waals surface area contributed by atoms with Gasteiger partial charge in [0.1, 0.15) is 6.10 Å². The lowest BCUT2D eigenvalue weighted by Gasteiger charge is -2.31. The van der Waals surface area contributed by atoms with Gasteiger partial charge in [0.2, 0.25) is 0 Å². The molecule has 0 saturated heterocycles. The number of ether oxygens (including phenoxy) is 2. The zero-order valence-corrected chi connectivity index (χ0v) is 9.66. The largest absolute Gasteiger partial charge is 0.423 e. The van der Waals surface area contributed by atoms with Crippen molar-refractivity contribution in [1.82, 2.24) is 0 Å². The fourth-order valence-corrected chi connectivity index (χ4v) is 1.73. The highest BCUT2D eigenvalue weighted by Gasteiger charge is 2.48. The van der Waals surface area contributed by atoms with Gasteiger partial charge in [-0.15, -0.1) is 0 Å². The van der Waals surface area contributed by atoms with E-state index in [9.17, 15) is 9.90 Å². The van der Waals surface area contributed by atoms with E-state index in [1.165, 1.54) is 0 Å². The predicted molar refractivity (Wildman–Crippen MR) is 55.1 cm³/mol. The minimum absolute atomic E-state index is 0.465. The molecule has 1 aliphatic heterocycles. The highest BCUT2D eigenvalue weighted by atomic mass is 16.7. The molecule has 0 aliphatic carbocycles. The molecule has 1 unspecified atom stereocenters. The van der Waals surface area contributed by atoms with Crippen LogP contribution in [0.15, 0.2) is 11.1 Å². The Kier molecular flexibility index (Phi) is 3.52. The van der Waals surface area contributed by atoms with Crippen molar-refractivity contribution in [3.8, 4) is 0 Å². The maximum absolute atomic E-state index is 11.3. The van der Waals surface area contributed by atoms with E-state index in [4.69, 9.17) is 9.47 Å². The van der Waals surface area contributed by atoms with E-state index >= 15 is 0 Å². The molecule has 0 saturated carbocycles. The van der Waals surface area contributed by atoms with Crippen LogP contribution >= 0.6 is 0 Å². The molecule has 0 aromatic rings. The van der Waals surface area contributed by atoms with Crippen LogP contribution in [0.3, 0.4) is 0 Å². The number of rotatable bonds is 4. The Balaban J connectivity index is 2.97. The highest BCUT2D eigenvalue weighted by molar-refractivity contribution is 5.92. The van der Waals surface area contributed by atoms with Gasteiger partial charge >= 0.3 is 5.97 Å². The van der Waals surface area contributed by atoms with Gasteiger partial charge in [-0.2, -0.15) is 0 Å². The summed E-state index contributed by atoms with van der Waals surface area (Å²) in [7, 11) is 0. The van der Waals surface area contributed by atoms with Crippen LogP contribution in [0.1, 0.15) is 34.1 Å². The van der Waals surface area contributed by atoms with Crippen LogP contribution in [0.4, 0.5) is 0 Å². The molecule has 0 amide bonds. The smallest absolute Gasteiger partial charge is 0.336 e. The van der Waals surface area contributed by atoms with E-state index in [0.29, 0.717) is 24.2 Å². The van der Waals surface area contributed by atoms with Gasteiger partial charge in [-0.25, -0.2) is 4.79 Å². The number of hydrogen-bond donors (Lipinski definition) is 1. The molecule has 0 aromatic carbocycles. The maximum Gasteiger partial charge on any atom is 0.336 e. The molecule has 15 heavy (non-hydrogen) atoms. The summed E-state index contributed by atoms with van der Waals surface area (Å²) in [5, 5.41) is 10.3. The number of carbonyl (C=O) groups is 1. The molecule has 0 fully saturated rings. The van der Waals surface area contributed by atoms with E-state index in [2.05, 4.69) is 0 Å². The Bertz CT molecular complexity index is 295. The van der Waals surface area contributed by atoms with Crippen molar-refractivity contribution in [2.75, 3.05) is 6.61 Å². The average molecular weight is 214 g/mol. The second-order valence-electron chi connectivity index (χ2n) is 3.69. The second kappa shape index (κ2) is 4.33. The van der Waals surface area contributed by atoms with E-state index in [1.807, 2.05) is 13.8 Å². The van der Waals surface area contributed by atoms with Crippen molar-refractivity contribution in [2.45, 2.75) is 46.0 Å². The quantitative estimate of drug-likeness (QED) is 0.718. The van der Waals surface area contributed by atoms with Crippen molar-refractivity contribution in [3.05, 3.63) is 11.1 Å². The summed E-state index contributed by atoms with van der Waals surface area (Å²) < 4.78 is 10.4. The summed E-state index contributed by atoms with van der Waals surface area (Å²) in [4.78, 5) is 11.3. The van der Waals surface area contributed by atoms with Crippen molar-refractivity contribution < 1.29 is 19.4 Å². The predicted octanol–water partition coefficient (Wildman–Crippen LogP) is 1.38. The molecule has 1 heterocycles. The summed E-state index contributed by atoms with van der Waals surface area (Å²) in [6.45, 7) is 7.54. The Labute approximate surface area is 89.9 Å². The SMILES string of the molecule is CCOC(CC)[C@]1(O)OC(=O)C(C)=C1C. The average Bonchev–Trinajstić information content (AvgIpc) is 2.40. The van der Waals surface area contributed by atoms with Crippen LogP contribution < -0.4 is 0 Å². The van der Waals surface area contributed by atoms with Gasteiger partial charge in [-0.1, -0.05) is 6.92 Å². The molecule has 0 bridgehead atoms. The molecule has 1 rings (SSSR count). The van der Waals surface area contributed by atoms with Gasteiger partial charge in [0.15, 0.2) is 0 Å². The maximum atomic E-state index is 11.3. The molecule has 1 N–H and O–H groups in total. The molecular formula is C11H18O4. The fraction of sp³-hybridized carbons (Fsp3) is 0.727. The molecule has 4 heteroatoms. The summed E-state index contributed by atoms with van der Waals surface area (Å²) in [6.07, 6.45) is 0.0892. The molecule has 1 aliphatic rings. The van der Waals surface area contributed by atoms with Gasteiger partial charge in [0.25, 0.3) is 5.79 Å². The molecular weight excluding hydrogens is 196 g/mol. The van der Waals surface area contributed by atoms with Gasteiger partial charge in [0, 0.05) is 17.8 Å². The number of carbonyl (C=O) groups excluding carboxylic acids is 1. The third-order valence-electron chi connectivity index (χ3n) is 2.83. The lowest BCUT2D eigenvalue weighted by atomic mass is 9.98. The first-order chi connectivity index (χ1) is 6.97. The minimum Gasteiger partial charge on any atom is -0.423 e. The summed E-state index contributed by atoms with van der Waals surface area (Å²) >= 11 is 0. The molecule has 0 radical (unpaired) electrons. The van der Waals surface area contributed by atoms with Gasteiger partial charge in [-0.3, -0.25) is 0 Å². The van der Waals surface area contributed by atoms with E-state index in [0.717, 1.165) is 0 Å². The standard InChI is InChI=1S/C11H18O4/c1-5-9(14-6-2)11(13)8(4)7(3)10(12)15-11/h9,13H,5-6H2,1-4H3/t9?,11-/m1/s1. The van der Waals surface area contributed by atoms with Crippen molar-refractivity contribution in [1.29, 1.82) is 0 Å². The van der Waals surface area contributed by atoms with Crippen LogP contribution in [0.5, 0.6) is 0 Å². The third-order valence-corrected chi connectivity index (χ3v) is 2.83. The fourth-order valence-electron chi connectivity index (χ4n) is 1.73. The molecule has 0 spiro atoms. The van der Waals surface area contributed by atoms with Gasteiger partial charge < -0.3 is 14.6 Å². The summed E-state index contributed by atoms with van der Waals surface area (Å²) in [6, 6.07) is 0. The van der Waals surface area contributed by atoms with Crippen LogP contribution in [-0.2, 0) is 14.3 Å². The normalized spacial score (nSPS) is 28.2. The zero-order chi connectivity index (χ0) is 11.6. The summed E-state index contributed by atoms with van der Waals surface area (Å²) in [5.74, 6) is -2.04. The topological polar surface area (TPSA) is 55.8 Å². The van der Waals surface area contributed by atoms with E-state index in [-0.39, 0.29) is 0 Å². The minimum atomic E-state index is -1.58. The molecule has 0 aromatic heterocycles. The van der Waals surface area contributed by atoms with Gasteiger partial charge in [0.05, 0.1) is 0 Å². The lowest BCUT2D eigenvalue weighted by Crippen LogP contribution is -2.45. The summed E-state index contributed by atoms with van der Waals surface area (Å²) in [5.41, 5.74) is 1.02. The van der Waals surface area contributed by atoms with Crippen molar-refractivity contribution in [3.63, 3.8) is 0 Å². The monoisotopic (exact) mass is 214 g/mol. The second-order valence-corrected chi connectivity index (χ2v) is 3.69. The van der Waals surface area contributed by atoms with Crippen molar-refractivity contribution >= 4 is 5.97 Å². The zero-order valence-electron chi connectivity index (χ0n) is 9.66. The molecule has 86 valence electrons. The Morgan fingerprint density at radius 2 is 2.07 bits per heavy atom. The molecule has 4 nitrogen and oxygen atoms in total. The third kappa shape index (κ3) is 1.92. The lowest BCUT2D eigenvalue weighted by molar-refractivity contribution is -0.226. The van der Waals surface area contributed by atoms with Crippen LogP contribution in [0, 0.1) is 0 Å². The van der Waals surface area contributed by atoms with E-state index < -0.39 is 17.9 Å². The molecule has 2 atom stereocenters. The Morgan fingerprint density at radius 1 is 1.47 bits per heavy atom. The Hall–Kier alpha value is -0.870. The van der Waals surface area contributed by atoms with Crippen LogP contribution in [0.25, 0.3) is 0 Å². The first kappa shape index (κ1) is 12.2. The van der Waals surface area contributed by atoms with Crippen LogP contribution in [-0.4, -0.2) is 29.6 Å². The number of esters is 1. The first-order valence-electron chi connectivity index (χ1n) is 5.22. The number of aliphatic hydroxyl groups is 1. The Morgan fingerprint density at radius 3 is 2.40 bits per heavy atom. The number of cyclic esters (lactones) is 1. The van der Waals surface area contributed by atoms with E-state index in [1.54, 1.807) is 13.8 Å².